The Bertz CT molecular complexity index is 293. The SMILES string of the molecule is CCNCCc1ncc(C2CCOC2)o1. The molecule has 4 nitrogen and oxygen atoms in total. The van der Waals surface area contributed by atoms with Crippen LogP contribution in [0.5, 0.6) is 0 Å². The maximum absolute atomic E-state index is 5.68. The van der Waals surface area contributed by atoms with Gasteiger partial charge in [0, 0.05) is 25.5 Å². The van der Waals surface area contributed by atoms with E-state index in [4.69, 9.17) is 9.15 Å². The van der Waals surface area contributed by atoms with Gasteiger partial charge in [0.25, 0.3) is 0 Å². The van der Waals surface area contributed by atoms with Crippen molar-refractivity contribution < 1.29 is 9.15 Å². The van der Waals surface area contributed by atoms with Crippen molar-refractivity contribution in [2.24, 2.45) is 0 Å². The molecule has 15 heavy (non-hydrogen) atoms. The quantitative estimate of drug-likeness (QED) is 0.745. The van der Waals surface area contributed by atoms with Gasteiger partial charge in [0.2, 0.25) is 0 Å². The van der Waals surface area contributed by atoms with Gasteiger partial charge in [-0.05, 0) is 13.0 Å². The highest BCUT2D eigenvalue weighted by molar-refractivity contribution is 5.03. The van der Waals surface area contributed by atoms with E-state index in [2.05, 4.69) is 17.2 Å². The van der Waals surface area contributed by atoms with E-state index >= 15 is 0 Å². The Morgan fingerprint density at radius 1 is 1.60 bits per heavy atom. The number of nitrogens with one attached hydrogen (secondary N) is 1. The monoisotopic (exact) mass is 210 g/mol. The van der Waals surface area contributed by atoms with Crippen molar-refractivity contribution in [2.45, 2.75) is 25.7 Å². The maximum atomic E-state index is 5.68. The van der Waals surface area contributed by atoms with Gasteiger partial charge in [0.05, 0.1) is 12.8 Å². The highest BCUT2D eigenvalue weighted by Crippen LogP contribution is 2.25. The molecule has 1 aliphatic rings. The minimum atomic E-state index is 0.422. The van der Waals surface area contributed by atoms with Crippen LogP contribution in [0.15, 0.2) is 10.6 Å². The minimum absolute atomic E-state index is 0.422. The number of hydrogen-bond donors (Lipinski definition) is 1. The highest BCUT2D eigenvalue weighted by atomic mass is 16.5. The number of nitrogens with zero attached hydrogens (tertiary/aromatic N) is 1. The predicted molar refractivity (Wildman–Crippen MR) is 56.9 cm³/mol. The summed E-state index contributed by atoms with van der Waals surface area (Å²) in [5.74, 6) is 2.24. The summed E-state index contributed by atoms with van der Waals surface area (Å²) >= 11 is 0. The molecular weight excluding hydrogens is 192 g/mol. The smallest absolute Gasteiger partial charge is 0.195 e. The van der Waals surface area contributed by atoms with E-state index in [9.17, 15) is 0 Å². The number of hydrogen-bond acceptors (Lipinski definition) is 4. The molecule has 0 spiro atoms. The van der Waals surface area contributed by atoms with Gasteiger partial charge in [-0.2, -0.15) is 0 Å². The third-order valence-electron chi connectivity index (χ3n) is 2.67. The fourth-order valence-electron chi connectivity index (χ4n) is 1.76. The maximum Gasteiger partial charge on any atom is 0.195 e. The van der Waals surface area contributed by atoms with Crippen molar-refractivity contribution in [3.05, 3.63) is 17.8 Å². The summed E-state index contributed by atoms with van der Waals surface area (Å²) in [5.41, 5.74) is 0. The van der Waals surface area contributed by atoms with E-state index in [1.54, 1.807) is 0 Å². The van der Waals surface area contributed by atoms with Gasteiger partial charge in [-0.25, -0.2) is 4.98 Å². The Kier molecular flexibility index (Phi) is 3.75. The lowest BCUT2D eigenvalue weighted by Crippen LogP contribution is -2.16. The van der Waals surface area contributed by atoms with E-state index in [0.717, 1.165) is 50.8 Å². The molecule has 1 fully saturated rings. The average molecular weight is 210 g/mol. The number of aromatic nitrogens is 1. The van der Waals surface area contributed by atoms with Gasteiger partial charge < -0.3 is 14.5 Å². The van der Waals surface area contributed by atoms with E-state index in [-0.39, 0.29) is 0 Å². The fraction of sp³-hybridized carbons (Fsp3) is 0.727. The molecule has 2 rings (SSSR count). The van der Waals surface area contributed by atoms with Gasteiger partial charge >= 0.3 is 0 Å². The first-order chi connectivity index (χ1) is 7.40. The van der Waals surface area contributed by atoms with Crippen molar-refractivity contribution in [1.82, 2.24) is 10.3 Å². The van der Waals surface area contributed by atoms with Crippen LogP contribution in [-0.2, 0) is 11.2 Å². The average Bonchev–Trinajstić information content (AvgIpc) is 2.87. The van der Waals surface area contributed by atoms with E-state index in [1.807, 2.05) is 6.20 Å². The topological polar surface area (TPSA) is 47.3 Å². The van der Waals surface area contributed by atoms with Gasteiger partial charge in [-0.15, -0.1) is 0 Å². The second-order valence-electron chi connectivity index (χ2n) is 3.82. The third-order valence-corrected chi connectivity index (χ3v) is 2.67. The first kappa shape index (κ1) is 10.6. The van der Waals surface area contributed by atoms with E-state index in [0.29, 0.717) is 5.92 Å². The van der Waals surface area contributed by atoms with Crippen molar-refractivity contribution in [3.63, 3.8) is 0 Å². The first-order valence-electron chi connectivity index (χ1n) is 5.63. The minimum Gasteiger partial charge on any atom is -0.445 e. The molecule has 0 bridgehead atoms. The lowest BCUT2D eigenvalue weighted by atomic mass is 10.1. The molecule has 0 amide bonds. The lowest BCUT2D eigenvalue weighted by molar-refractivity contribution is 0.191. The van der Waals surface area contributed by atoms with Crippen LogP contribution in [0.4, 0.5) is 0 Å². The summed E-state index contributed by atoms with van der Waals surface area (Å²) in [7, 11) is 0. The summed E-state index contributed by atoms with van der Waals surface area (Å²) < 4.78 is 11.0. The van der Waals surface area contributed by atoms with Crippen LogP contribution in [0.1, 0.15) is 30.9 Å². The van der Waals surface area contributed by atoms with Crippen LogP contribution in [0.25, 0.3) is 0 Å². The molecule has 0 radical (unpaired) electrons. The van der Waals surface area contributed by atoms with Crippen LogP contribution in [0.3, 0.4) is 0 Å². The van der Waals surface area contributed by atoms with Crippen molar-refractivity contribution >= 4 is 0 Å². The Morgan fingerprint density at radius 3 is 3.27 bits per heavy atom. The molecule has 0 saturated carbocycles. The summed E-state index contributed by atoms with van der Waals surface area (Å²) in [4.78, 5) is 4.27. The molecule has 2 heterocycles. The summed E-state index contributed by atoms with van der Waals surface area (Å²) in [6.07, 6.45) is 3.77. The Hall–Kier alpha value is -0.870. The van der Waals surface area contributed by atoms with E-state index in [1.165, 1.54) is 0 Å². The number of rotatable bonds is 5. The second-order valence-corrected chi connectivity index (χ2v) is 3.82. The Balaban J connectivity index is 1.86. The second kappa shape index (κ2) is 5.28. The first-order valence-corrected chi connectivity index (χ1v) is 5.63. The third kappa shape index (κ3) is 2.79. The normalized spacial score (nSPS) is 21.0. The Labute approximate surface area is 90.0 Å². The van der Waals surface area contributed by atoms with Crippen LogP contribution in [0, 0.1) is 0 Å². The van der Waals surface area contributed by atoms with Gasteiger partial charge in [0.15, 0.2) is 5.89 Å². The number of oxazole rings is 1. The molecule has 1 saturated heterocycles. The predicted octanol–water partition coefficient (Wildman–Crippen LogP) is 1.33. The molecule has 1 N–H and O–H groups in total. The molecule has 0 aliphatic carbocycles. The van der Waals surface area contributed by atoms with Gasteiger partial charge in [0.1, 0.15) is 5.76 Å². The molecular formula is C11H18N2O2. The fourth-order valence-corrected chi connectivity index (χ4v) is 1.76. The van der Waals surface area contributed by atoms with Crippen molar-refractivity contribution in [1.29, 1.82) is 0 Å². The molecule has 1 atom stereocenters. The standard InChI is InChI=1S/C11H18N2O2/c1-2-12-5-3-11-13-7-10(15-11)9-4-6-14-8-9/h7,9,12H,2-6,8H2,1H3. The number of ether oxygens (including phenoxy) is 1. The van der Waals surface area contributed by atoms with Gasteiger partial charge in [-0.3, -0.25) is 0 Å². The zero-order valence-corrected chi connectivity index (χ0v) is 9.16. The van der Waals surface area contributed by atoms with Gasteiger partial charge in [-0.1, -0.05) is 6.92 Å². The molecule has 84 valence electrons. The molecule has 1 unspecified atom stereocenters. The Morgan fingerprint density at radius 2 is 2.53 bits per heavy atom. The van der Waals surface area contributed by atoms with Crippen LogP contribution in [-0.4, -0.2) is 31.3 Å². The molecule has 4 heteroatoms. The van der Waals surface area contributed by atoms with E-state index < -0.39 is 0 Å². The zero-order chi connectivity index (χ0) is 10.5. The molecule has 1 aromatic heterocycles. The highest BCUT2D eigenvalue weighted by Gasteiger charge is 2.21. The lowest BCUT2D eigenvalue weighted by Gasteiger charge is -2.01. The summed E-state index contributed by atoms with van der Waals surface area (Å²) in [6.45, 7) is 5.64. The van der Waals surface area contributed by atoms with Crippen LogP contribution in [0.2, 0.25) is 0 Å². The molecule has 1 aromatic rings. The zero-order valence-electron chi connectivity index (χ0n) is 9.16. The molecule has 1 aliphatic heterocycles. The number of likely N-dealkylation sites (N-methyl/N-ethyl adjacent to an activating group) is 1. The summed E-state index contributed by atoms with van der Waals surface area (Å²) in [6, 6.07) is 0. The molecule has 0 aromatic carbocycles. The largest absolute Gasteiger partial charge is 0.445 e. The van der Waals surface area contributed by atoms with Crippen LogP contribution >= 0.6 is 0 Å². The van der Waals surface area contributed by atoms with Crippen molar-refractivity contribution in [2.75, 3.05) is 26.3 Å². The van der Waals surface area contributed by atoms with Crippen molar-refractivity contribution in [3.8, 4) is 0 Å². The summed E-state index contributed by atoms with van der Waals surface area (Å²) in [5, 5.41) is 3.25. The van der Waals surface area contributed by atoms with Crippen LogP contribution < -0.4 is 5.32 Å².